The molecule has 5 fully saturated rings. The zero-order chi connectivity index (χ0) is 21.8. The van der Waals surface area contributed by atoms with Crippen molar-refractivity contribution in [1.29, 1.82) is 0 Å². The summed E-state index contributed by atoms with van der Waals surface area (Å²) < 4.78 is 11.7. The third-order valence-corrected chi connectivity index (χ3v) is 8.83. The van der Waals surface area contributed by atoms with Gasteiger partial charge in [0.05, 0.1) is 17.4 Å². The Morgan fingerprint density at radius 2 is 2.10 bits per heavy atom. The summed E-state index contributed by atoms with van der Waals surface area (Å²) in [4.78, 5) is 39.7. The number of esters is 2. The number of Topliss-reactive ketones (excluding diaryl/α,β-unsaturated/α-hetero) is 1. The highest BCUT2D eigenvalue weighted by molar-refractivity contribution is 6.29. The molecule has 2 bridgehead atoms. The summed E-state index contributed by atoms with van der Waals surface area (Å²) in [5.41, 5.74) is -0.926. The molecule has 0 radical (unpaired) electrons. The van der Waals surface area contributed by atoms with E-state index in [1.807, 2.05) is 0 Å². The molecule has 1 heterocycles. The van der Waals surface area contributed by atoms with Gasteiger partial charge in [-0.3, -0.25) is 14.4 Å². The van der Waals surface area contributed by atoms with Crippen LogP contribution in [-0.2, 0) is 23.9 Å². The minimum absolute atomic E-state index is 0.00428. The number of rotatable bonds is 5. The lowest BCUT2D eigenvalue weighted by Gasteiger charge is -2.66. The lowest BCUT2D eigenvalue weighted by molar-refractivity contribution is -0.235. The molecule has 5 rings (SSSR count). The summed E-state index contributed by atoms with van der Waals surface area (Å²) in [7, 11) is 0. The number of halogens is 1. The van der Waals surface area contributed by atoms with Gasteiger partial charge in [0.25, 0.3) is 0 Å². The van der Waals surface area contributed by atoms with E-state index in [4.69, 9.17) is 21.1 Å². The largest absolute Gasteiger partial charge is 0.465 e. The molecule has 5 aliphatic rings. The fourth-order valence-corrected chi connectivity index (χ4v) is 7.24. The monoisotopic (exact) mass is 436 g/mol. The van der Waals surface area contributed by atoms with Gasteiger partial charge < -0.3 is 9.47 Å². The van der Waals surface area contributed by atoms with Crippen molar-refractivity contribution in [3.63, 3.8) is 0 Å². The molecule has 6 heteroatoms. The smallest absolute Gasteiger partial charge is 0.324 e. The van der Waals surface area contributed by atoms with Crippen molar-refractivity contribution >= 4 is 29.3 Å². The maximum atomic E-state index is 13.7. The first-order valence-electron chi connectivity index (χ1n) is 11.5. The van der Waals surface area contributed by atoms with E-state index >= 15 is 0 Å². The van der Waals surface area contributed by atoms with Gasteiger partial charge in [0.2, 0.25) is 0 Å². The lowest BCUT2D eigenvalue weighted by atomic mass is 9.37. The van der Waals surface area contributed by atoms with Gasteiger partial charge >= 0.3 is 11.9 Å². The summed E-state index contributed by atoms with van der Waals surface area (Å²) >= 11 is 6.02. The lowest BCUT2D eigenvalue weighted by Crippen LogP contribution is -2.70. The van der Waals surface area contributed by atoms with Gasteiger partial charge in [-0.1, -0.05) is 33.3 Å². The number of allylic oxidation sites excluding steroid dienone is 1. The van der Waals surface area contributed by atoms with Gasteiger partial charge in [-0.25, -0.2) is 0 Å². The van der Waals surface area contributed by atoms with Crippen LogP contribution in [0.2, 0.25) is 0 Å². The van der Waals surface area contributed by atoms with Gasteiger partial charge in [0, 0.05) is 0 Å². The number of cyclic esters (lactones) is 1. The van der Waals surface area contributed by atoms with Crippen LogP contribution < -0.4 is 0 Å². The van der Waals surface area contributed by atoms with E-state index in [0.717, 1.165) is 32.1 Å². The van der Waals surface area contributed by atoms with Gasteiger partial charge in [0.15, 0.2) is 5.78 Å². The number of hydrogen-bond acceptors (Lipinski definition) is 5. The molecule has 0 aromatic carbocycles. The van der Waals surface area contributed by atoms with Crippen LogP contribution in [0.5, 0.6) is 0 Å². The van der Waals surface area contributed by atoms with E-state index in [0.29, 0.717) is 25.0 Å². The van der Waals surface area contributed by atoms with Gasteiger partial charge in [-0.05, 0) is 68.3 Å². The Bertz CT molecular complexity index is 776. The topological polar surface area (TPSA) is 69.7 Å². The predicted octanol–water partition coefficient (Wildman–Crippen LogP) is 4.46. The molecular weight excluding hydrogens is 404 g/mol. The zero-order valence-electron chi connectivity index (χ0n) is 18.2. The van der Waals surface area contributed by atoms with Crippen LogP contribution in [0, 0.1) is 34.5 Å². The van der Waals surface area contributed by atoms with Crippen LogP contribution in [0.1, 0.15) is 65.7 Å². The Labute approximate surface area is 183 Å². The quantitative estimate of drug-likeness (QED) is 0.361. The molecule has 1 saturated heterocycles. The van der Waals surface area contributed by atoms with E-state index in [1.165, 1.54) is 0 Å². The Balaban J connectivity index is 1.86. The number of carbonyl (C=O) groups excluding carboxylic acids is 3. The molecule has 4 saturated carbocycles. The van der Waals surface area contributed by atoms with Crippen molar-refractivity contribution in [3.05, 3.63) is 12.2 Å². The fourth-order valence-electron chi connectivity index (χ4n) is 7.19. The number of unbranched alkanes of at least 4 members (excludes halogenated alkanes) is 1. The molecule has 0 aromatic rings. The first-order valence-corrected chi connectivity index (χ1v) is 11.9. The maximum absolute atomic E-state index is 13.7. The van der Waals surface area contributed by atoms with Crippen molar-refractivity contribution < 1.29 is 23.9 Å². The molecule has 0 N–H and O–H groups in total. The second-order valence-electron chi connectivity index (χ2n) is 10.0. The van der Waals surface area contributed by atoms with Gasteiger partial charge in [0.1, 0.15) is 11.5 Å². The SMILES string of the molecule is C=C1C(=O)[C@]23CC[C@H]1CC2C1(CCCC)C(=O)OC[C@@H](C)C1C[C@H]3OC(=O)[C@@H](C)Cl. The second-order valence-corrected chi connectivity index (χ2v) is 10.7. The molecule has 1 aliphatic heterocycles. The molecule has 0 amide bonds. The summed E-state index contributed by atoms with van der Waals surface area (Å²) in [6, 6.07) is 0. The van der Waals surface area contributed by atoms with E-state index < -0.39 is 28.3 Å². The number of ketones is 1. The summed E-state index contributed by atoms with van der Waals surface area (Å²) in [5, 5.41) is -0.779. The van der Waals surface area contributed by atoms with E-state index in [2.05, 4.69) is 20.4 Å². The number of hydrogen-bond donors (Lipinski definition) is 0. The summed E-state index contributed by atoms with van der Waals surface area (Å²) in [5.74, 6) is -0.524. The average Bonchev–Trinajstić information content (AvgIpc) is 2.73. The molecular formula is C24H33ClO5. The first kappa shape index (κ1) is 21.9. The molecule has 5 nitrogen and oxygen atoms in total. The zero-order valence-corrected chi connectivity index (χ0v) is 19.0. The Kier molecular flexibility index (Phi) is 5.57. The molecule has 4 aliphatic carbocycles. The summed E-state index contributed by atoms with van der Waals surface area (Å²) in [6.45, 7) is 10.3. The highest BCUT2D eigenvalue weighted by atomic mass is 35.5. The van der Waals surface area contributed by atoms with Crippen molar-refractivity contribution in [2.24, 2.45) is 34.5 Å². The molecule has 1 spiro atoms. The minimum Gasteiger partial charge on any atom is -0.465 e. The number of alkyl halides is 1. The molecule has 8 atom stereocenters. The maximum Gasteiger partial charge on any atom is 0.324 e. The average molecular weight is 437 g/mol. The van der Waals surface area contributed by atoms with Crippen LogP contribution in [-0.4, -0.2) is 35.8 Å². The summed E-state index contributed by atoms with van der Waals surface area (Å²) in [6.07, 6.45) is 4.79. The fraction of sp³-hybridized carbons (Fsp3) is 0.792. The molecule has 0 aromatic heterocycles. The molecule has 166 valence electrons. The minimum atomic E-state index is -0.881. The Morgan fingerprint density at radius 3 is 2.77 bits per heavy atom. The normalized spacial score (nSPS) is 43.5. The van der Waals surface area contributed by atoms with Gasteiger partial charge in [-0.2, -0.15) is 0 Å². The third-order valence-electron chi connectivity index (χ3n) is 8.65. The van der Waals surface area contributed by atoms with Crippen LogP contribution in [0.4, 0.5) is 0 Å². The van der Waals surface area contributed by atoms with Crippen molar-refractivity contribution in [1.82, 2.24) is 0 Å². The van der Waals surface area contributed by atoms with Crippen LogP contribution >= 0.6 is 11.6 Å². The van der Waals surface area contributed by atoms with Crippen LogP contribution in [0.3, 0.4) is 0 Å². The van der Waals surface area contributed by atoms with Crippen LogP contribution in [0.15, 0.2) is 12.2 Å². The number of ether oxygens (including phenoxy) is 2. The van der Waals surface area contributed by atoms with Crippen LogP contribution in [0.25, 0.3) is 0 Å². The van der Waals surface area contributed by atoms with Crippen molar-refractivity contribution in [3.8, 4) is 0 Å². The van der Waals surface area contributed by atoms with E-state index in [-0.39, 0.29) is 35.4 Å². The highest BCUT2D eigenvalue weighted by Crippen LogP contribution is 2.69. The van der Waals surface area contributed by atoms with Crippen molar-refractivity contribution in [2.75, 3.05) is 6.61 Å². The third kappa shape index (κ3) is 2.83. The Morgan fingerprint density at radius 1 is 1.37 bits per heavy atom. The first-order chi connectivity index (χ1) is 14.2. The highest BCUT2D eigenvalue weighted by Gasteiger charge is 2.73. The Hall–Kier alpha value is -1.36. The predicted molar refractivity (Wildman–Crippen MR) is 113 cm³/mol. The second kappa shape index (κ2) is 7.65. The van der Waals surface area contributed by atoms with Gasteiger partial charge in [-0.15, -0.1) is 11.6 Å². The van der Waals surface area contributed by atoms with E-state index in [9.17, 15) is 14.4 Å². The van der Waals surface area contributed by atoms with Crippen molar-refractivity contribution in [2.45, 2.75) is 77.2 Å². The number of carbonyl (C=O) groups is 3. The van der Waals surface area contributed by atoms with E-state index in [1.54, 1.807) is 6.92 Å². The molecule has 3 unspecified atom stereocenters. The molecule has 30 heavy (non-hydrogen) atoms. The number of fused-ring (bicyclic) bond motifs is 3. The standard InChI is InChI=1S/C24H33ClO5/c1-5-6-8-23-17(13(2)12-29-22(23)28)11-19(30-21(27)15(4)25)24-9-7-16(10-18(23)24)14(3)20(24)26/h13,15-19H,3,5-12H2,1-2,4H3/t13-,15-,16+,17?,18?,19-,23?,24-/m1/s1.